The number of rotatable bonds is 1. The highest BCUT2D eigenvalue weighted by Gasteiger charge is 2.13. The lowest BCUT2D eigenvalue weighted by molar-refractivity contribution is 0.601. The van der Waals surface area contributed by atoms with Gasteiger partial charge in [-0.05, 0) is 18.2 Å². The van der Waals surface area contributed by atoms with E-state index < -0.39 is 9.84 Å². The van der Waals surface area contributed by atoms with Gasteiger partial charge in [0.25, 0.3) is 0 Å². The summed E-state index contributed by atoms with van der Waals surface area (Å²) in [4.78, 5) is 3.89. The molecule has 1 heterocycles. The molecule has 0 radical (unpaired) electrons. The third kappa shape index (κ3) is 1.62. The lowest BCUT2D eigenvalue weighted by Crippen LogP contribution is -1.94. The predicted octanol–water partition coefficient (Wildman–Crippen LogP) is 1.84. The van der Waals surface area contributed by atoms with Gasteiger partial charge in [-0.3, -0.25) is 0 Å². The molecule has 0 saturated carbocycles. The molecule has 0 N–H and O–H groups in total. The summed E-state index contributed by atoms with van der Waals surface area (Å²) < 4.78 is 35.6. The topological polar surface area (TPSA) is 47.0 Å². The average Bonchev–Trinajstić information content (AvgIpc) is 2.45. The van der Waals surface area contributed by atoms with Crippen LogP contribution in [0.25, 0.3) is 10.2 Å². The molecule has 0 saturated heterocycles. The Balaban J connectivity index is 2.75. The Morgan fingerprint density at radius 2 is 2.14 bits per heavy atom. The summed E-state index contributed by atoms with van der Waals surface area (Å²) in [6, 6.07) is 4.01. The summed E-state index contributed by atoms with van der Waals surface area (Å²) in [5.74, 6) is -0.388. The van der Waals surface area contributed by atoms with Crippen molar-refractivity contribution < 1.29 is 12.8 Å². The van der Waals surface area contributed by atoms with Gasteiger partial charge in [-0.25, -0.2) is 17.8 Å². The maximum Gasteiger partial charge on any atom is 0.210 e. The molecule has 0 aliphatic carbocycles. The average molecular weight is 231 g/mol. The van der Waals surface area contributed by atoms with Gasteiger partial charge in [0.15, 0.2) is 0 Å². The molecule has 2 aromatic rings. The highest BCUT2D eigenvalue weighted by Crippen LogP contribution is 2.25. The van der Waals surface area contributed by atoms with Crippen molar-refractivity contribution in [3.63, 3.8) is 0 Å². The molecule has 6 heteroatoms. The van der Waals surface area contributed by atoms with Gasteiger partial charge in [0.1, 0.15) is 5.82 Å². The van der Waals surface area contributed by atoms with Crippen LogP contribution >= 0.6 is 11.3 Å². The van der Waals surface area contributed by atoms with Crippen molar-refractivity contribution in [2.45, 2.75) is 4.34 Å². The van der Waals surface area contributed by atoms with Gasteiger partial charge < -0.3 is 0 Å². The molecule has 0 unspecified atom stereocenters. The molecule has 74 valence electrons. The van der Waals surface area contributed by atoms with Crippen molar-refractivity contribution in [3.8, 4) is 0 Å². The van der Waals surface area contributed by atoms with E-state index in [1.807, 2.05) is 0 Å². The number of thiazole rings is 1. The first kappa shape index (κ1) is 9.54. The minimum absolute atomic E-state index is 0.0260. The van der Waals surface area contributed by atoms with Crippen molar-refractivity contribution in [3.05, 3.63) is 24.0 Å². The van der Waals surface area contributed by atoms with Gasteiger partial charge >= 0.3 is 0 Å². The second kappa shape index (κ2) is 2.99. The standard InChI is InChI=1S/C8H6FNO2S2/c1-14(11,12)8-10-6-3-2-5(9)4-7(6)13-8/h2-4H,1H3. The molecular formula is C8H6FNO2S2. The first-order valence-corrected chi connectivity index (χ1v) is 6.44. The molecule has 0 spiro atoms. The molecule has 0 aliphatic rings. The number of halogens is 1. The summed E-state index contributed by atoms with van der Waals surface area (Å²) in [5, 5.41) is 0. The molecular weight excluding hydrogens is 225 g/mol. The van der Waals surface area contributed by atoms with E-state index in [9.17, 15) is 12.8 Å². The Hall–Kier alpha value is -1.01. The molecule has 14 heavy (non-hydrogen) atoms. The zero-order valence-electron chi connectivity index (χ0n) is 7.19. The van der Waals surface area contributed by atoms with Crippen LogP contribution in [0.3, 0.4) is 0 Å². The van der Waals surface area contributed by atoms with Crippen LogP contribution in [0.2, 0.25) is 0 Å². The first-order chi connectivity index (χ1) is 6.47. The van der Waals surface area contributed by atoms with Crippen LogP contribution in [0.15, 0.2) is 22.5 Å². The van der Waals surface area contributed by atoms with Crippen molar-refractivity contribution in [2.75, 3.05) is 6.26 Å². The summed E-state index contributed by atoms with van der Waals surface area (Å²) in [6.07, 6.45) is 1.08. The lowest BCUT2D eigenvalue weighted by atomic mass is 10.3. The quantitative estimate of drug-likeness (QED) is 0.752. The van der Waals surface area contributed by atoms with Gasteiger partial charge in [-0.1, -0.05) is 0 Å². The van der Waals surface area contributed by atoms with Crippen LogP contribution < -0.4 is 0 Å². The minimum atomic E-state index is -3.29. The third-order valence-corrected chi connectivity index (χ3v) is 4.34. The summed E-state index contributed by atoms with van der Waals surface area (Å²) >= 11 is 0.979. The normalized spacial score (nSPS) is 12.1. The Morgan fingerprint density at radius 3 is 2.79 bits per heavy atom. The van der Waals surface area contributed by atoms with Gasteiger partial charge in [-0.2, -0.15) is 0 Å². The smallest absolute Gasteiger partial charge is 0.210 e. The van der Waals surface area contributed by atoms with Crippen LogP contribution in [0, 0.1) is 5.82 Å². The molecule has 0 aliphatic heterocycles. The number of hydrogen-bond acceptors (Lipinski definition) is 4. The molecule has 2 rings (SSSR count). The van der Waals surface area contributed by atoms with Crippen molar-refractivity contribution in [1.29, 1.82) is 0 Å². The third-order valence-electron chi connectivity index (χ3n) is 1.65. The minimum Gasteiger partial charge on any atom is -0.225 e. The van der Waals surface area contributed by atoms with Crippen LogP contribution in [0.1, 0.15) is 0 Å². The van der Waals surface area contributed by atoms with Gasteiger partial charge in [0.2, 0.25) is 14.2 Å². The number of fused-ring (bicyclic) bond motifs is 1. The maximum atomic E-state index is 12.8. The number of aromatic nitrogens is 1. The highest BCUT2D eigenvalue weighted by atomic mass is 32.2. The fraction of sp³-hybridized carbons (Fsp3) is 0.125. The number of benzene rings is 1. The maximum absolute atomic E-state index is 12.8. The van der Waals surface area contributed by atoms with Crippen molar-refractivity contribution in [2.24, 2.45) is 0 Å². The molecule has 0 fully saturated rings. The lowest BCUT2D eigenvalue weighted by Gasteiger charge is -1.85. The Labute approximate surface area is 84.1 Å². The number of nitrogens with zero attached hydrogens (tertiary/aromatic N) is 1. The van der Waals surface area contributed by atoms with Crippen LogP contribution in [0.5, 0.6) is 0 Å². The summed E-state index contributed by atoms with van der Waals surface area (Å²) in [6.45, 7) is 0. The molecule has 0 atom stereocenters. The van der Waals surface area contributed by atoms with Gasteiger partial charge in [0.05, 0.1) is 10.2 Å². The van der Waals surface area contributed by atoms with E-state index in [0.717, 1.165) is 17.6 Å². The highest BCUT2D eigenvalue weighted by molar-refractivity contribution is 7.92. The van der Waals surface area contributed by atoms with Gasteiger partial charge in [0, 0.05) is 6.26 Å². The fourth-order valence-corrected chi connectivity index (χ4v) is 2.90. The van der Waals surface area contributed by atoms with Crippen LogP contribution in [-0.2, 0) is 9.84 Å². The molecule has 0 bridgehead atoms. The van der Waals surface area contributed by atoms with E-state index in [1.165, 1.54) is 18.2 Å². The Morgan fingerprint density at radius 1 is 1.43 bits per heavy atom. The number of sulfone groups is 1. The SMILES string of the molecule is CS(=O)(=O)c1nc2ccc(F)cc2s1. The van der Waals surface area contributed by atoms with E-state index in [0.29, 0.717) is 10.2 Å². The fourth-order valence-electron chi connectivity index (χ4n) is 1.04. The molecule has 1 aromatic carbocycles. The second-order valence-corrected chi connectivity index (χ2v) is 6.08. The van der Waals surface area contributed by atoms with E-state index in [1.54, 1.807) is 0 Å². The summed E-state index contributed by atoms with van der Waals surface area (Å²) in [5.41, 5.74) is 0.511. The van der Waals surface area contributed by atoms with Crippen molar-refractivity contribution in [1.82, 2.24) is 4.98 Å². The van der Waals surface area contributed by atoms with Crippen LogP contribution in [0.4, 0.5) is 4.39 Å². The zero-order chi connectivity index (χ0) is 10.3. The molecule has 0 amide bonds. The van der Waals surface area contributed by atoms with E-state index in [2.05, 4.69) is 4.98 Å². The largest absolute Gasteiger partial charge is 0.225 e. The monoisotopic (exact) mass is 231 g/mol. The van der Waals surface area contributed by atoms with Crippen LogP contribution in [-0.4, -0.2) is 19.7 Å². The Bertz CT molecular complexity index is 588. The predicted molar refractivity (Wildman–Crippen MR) is 52.7 cm³/mol. The second-order valence-electron chi connectivity index (χ2n) is 2.86. The summed E-state index contributed by atoms with van der Waals surface area (Å²) in [7, 11) is -3.29. The number of hydrogen-bond donors (Lipinski definition) is 0. The Kier molecular flexibility index (Phi) is 2.04. The van der Waals surface area contributed by atoms with E-state index >= 15 is 0 Å². The van der Waals surface area contributed by atoms with E-state index in [4.69, 9.17) is 0 Å². The zero-order valence-corrected chi connectivity index (χ0v) is 8.82. The van der Waals surface area contributed by atoms with E-state index in [-0.39, 0.29) is 10.2 Å². The molecule has 3 nitrogen and oxygen atoms in total. The van der Waals surface area contributed by atoms with Gasteiger partial charge in [-0.15, -0.1) is 11.3 Å². The van der Waals surface area contributed by atoms with Crippen molar-refractivity contribution >= 4 is 31.4 Å². The molecule has 1 aromatic heterocycles. The first-order valence-electron chi connectivity index (χ1n) is 3.73.